The van der Waals surface area contributed by atoms with E-state index in [0.717, 1.165) is 10.0 Å². The van der Waals surface area contributed by atoms with Gasteiger partial charge in [0.15, 0.2) is 0 Å². The van der Waals surface area contributed by atoms with Crippen LogP contribution in [0.5, 0.6) is 0 Å². The first kappa shape index (κ1) is 13.2. The van der Waals surface area contributed by atoms with Crippen molar-refractivity contribution in [3.63, 3.8) is 0 Å². The number of amides is 1. The largest absolute Gasteiger partial charge is 0.341 e. The highest BCUT2D eigenvalue weighted by atomic mass is 79.9. The van der Waals surface area contributed by atoms with Gasteiger partial charge in [-0.2, -0.15) is 0 Å². The maximum Gasteiger partial charge on any atom is 0.224 e. The van der Waals surface area contributed by atoms with Crippen LogP contribution in [0.3, 0.4) is 0 Å². The van der Waals surface area contributed by atoms with Gasteiger partial charge in [-0.25, -0.2) is 0 Å². The fourth-order valence-electron chi connectivity index (χ4n) is 1.43. The van der Waals surface area contributed by atoms with Crippen molar-refractivity contribution in [1.29, 1.82) is 0 Å². The van der Waals surface area contributed by atoms with E-state index in [-0.39, 0.29) is 11.9 Å². The highest BCUT2D eigenvalue weighted by molar-refractivity contribution is 9.10. The molecule has 0 fully saturated rings. The Morgan fingerprint density at radius 3 is 2.81 bits per heavy atom. The quantitative estimate of drug-likeness (QED) is 0.921. The molecule has 16 heavy (non-hydrogen) atoms. The van der Waals surface area contributed by atoms with Gasteiger partial charge in [-0.05, 0) is 24.6 Å². The number of benzene rings is 1. The van der Waals surface area contributed by atoms with E-state index in [1.165, 1.54) is 0 Å². The van der Waals surface area contributed by atoms with Crippen molar-refractivity contribution in [3.8, 4) is 0 Å². The molecular formula is C12H17BrN2O. The van der Waals surface area contributed by atoms with E-state index < -0.39 is 0 Å². The fraction of sp³-hybridized carbons (Fsp3) is 0.417. The van der Waals surface area contributed by atoms with Crippen molar-refractivity contribution in [3.05, 3.63) is 34.3 Å². The Bertz CT molecular complexity index is 366. The minimum absolute atomic E-state index is 0.0787. The number of nitrogens with zero attached hydrogens (tertiary/aromatic N) is 1. The second-order valence-electron chi connectivity index (χ2n) is 4.06. The summed E-state index contributed by atoms with van der Waals surface area (Å²) in [5.41, 5.74) is 6.70. The topological polar surface area (TPSA) is 46.3 Å². The summed E-state index contributed by atoms with van der Waals surface area (Å²) in [5, 5.41) is 0. The minimum Gasteiger partial charge on any atom is -0.341 e. The third kappa shape index (κ3) is 4.33. The van der Waals surface area contributed by atoms with Gasteiger partial charge in [-0.3, -0.25) is 4.79 Å². The lowest BCUT2D eigenvalue weighted by molar-refractivity contribution is -0.130. The van der Waals surface area contributed by atoms with Crippen LogP contribution >= 0.6 is 15.9 Å². The van der Waals surface area contributed by atoms with Crippen LogP contribution < -0.4 is 5.73 Å². The van der Waals surface area contributed by atoms with Crippen molar-refractivity contribution in [1.82, 2.24) is 4.90 Å². The zero-order valence-electron chi connectivity index (χ0n) is 9.61. The molecule has 1 atom stereocenters. The molecule has 0 saturated heterocycles. The minimum atomic E-state index is -0.0857. The van der Waals surface area contributed by atoms with Crippen LogP contribution in [0.15, 0.2) is 28.7 Å². The molecule has 0 saturated carbocycles. The van der Waals surface area contributed by atoms with Crippen LogP contribution in [0.1, 0.15) is 18.9 Å². The zero-order chi connectivity index (χ0) is 12.1. The zero-order valence-corrected chi connectivity index (χ0v) is 11.2. The molecule has 0 aromatic heterocycles. The average Bonchev–Trinajstić information content (AvgIpc) is 2.16. The number of carbonyl (C=O) groups excluding carboxylic acids is 1. The van der Waals surface area contributed by atoms with Gasteiger partial charge in [0, 0.05) is 30.5 Å². The van der Waals surface area contributed by atoms with Crippen LogP contribution in [-0.2, 0) is 11.3 Å². The first-order valence-corrected chi connectivity index (χ1v) is 6.02. The molecule has 0 aliphatic heterocycles. The first-order chi connectivity index (χ1) is 7.49. The van der Waals surface area contributed by atoms with Crippen molar-refractivity contribution in [2.45, 2.75) is 25.9 Å². The van der Waals surface area contributed by atoms with Crippen LogP contribution in [0.4, 0.5) is 0 Å². The Hall–Kier alpha value is -0.870. The van der Waals surface area contributed by atoms with E-state index in [4.69, 9.17) is 5.73 Å². The predicted octanol–water partition coefficient (Wildman–Crippen LogP) is 2.14. The normalized spacial score (nSPS) is 12.2. The molecule has 0 heterocycles. The Morgan fingerprint density at radius 1 is 1.56 bits per heavy atom. The molecule has 1 unspecified atom stereocenters. The Labute approximate surface area is 105 Å². The lowest BCUT2D eigenvalue weighted by Crippen LogP contribution is -2.31. The SMILES string of the molecule is CC(N)CC(=O)N(C)Cc1cccc(Br)c1. The second-order valence-corrected chi connectivity index (χ2v) is 4.98. The lowest BCUT2D eigenvalue weighted by atomic mass is 10.2. The highest BCUT2D eigenvalue weighted by Gasteiger charge is 2.11. The van der Waals surface area contributed by atoms with Crippen LogP contribution in [0.25, 0.3) is 0 Å². The standard InChI is InChI=1S/C12H17BrN2O/c1-9(14)6-12(16)15(2)8-10-4-3-5-11(13)7-10/h3-5,7,9H,6,8,14H2,1-2H3. The number of hydrogen-bond acceptors (Lipinski definition) is 2. The van der Waals surface area contributed by atoms with Crippen LogP contribution in [0.2, 0.25) is 0 Å². The second kappa shape index (κ2) is 6.01. The summed E-state index contributed by atoms with van der Waals surface area (Å²) in [6.45, 7) is 2.45. The summed E-state index contributed by atoms with van der Waals surface area (Å²) < 4.78 is 1.03. The number of rotatable bonds is 4. The predicted molar refractivity (Wildman–Crippen MR) is 68.9 cm³/mol. The Morgan fingerprint density at radius 2 is 2.25 bits per heavy atom. The summed E-state index contributed by atoms with van der Waals surface area (Å²) in [7, 11) is 1.80. The summed E-state index contributed by atoms with van der Waals surface area (Å²) in [6, 6.07) is 7.85. The van der Waals surface area contributed by atoms with Crippen molar-refractivity contribution >= 4 is 21.8 Å². The molecule has 3 nitrogen and oxygen atoms in total. The smallest absolute Gasteiger partial charge is 0.224 e. The van der Waals surface area contributed by atoms with E-state index >= 15 is 0 Å². The molecule has 0 aliphatic rings. The van der Waals surface area contributed by atoms with Gasteiger partial charge in [0.25, 0.3) is 0 Å². The fourth-order valence-corrected chi connectivity index (χ4v) is 1.88. The molecule has 0 radical (unpaired) electrons. The van der Waals surface area contributed by atoms with Gasteiger partial charge in [-0.15, -0.1) is 0 Å². The Balaban J connectivity index is 2.57. The molecule has 4 heteroatoms. The molecular weight excluding hydrogens is 268 g/mol. The molecule has 2 N–H and O–H groups in total. The number of halogens is 1. The van der Waals surface area contributed by atoms with Gasteiger partial charge in [0.05, 0.1) is 0 Å². The molecule has 0 bridgehead atoms. The molecule has 1 aromatic carbocycles. The van der Waals surface area contributed by atoms with Gasteiger partial charge in [0.1, 0.15) is 0 Å². The van der Waals surface area contributed by atoms with E-state index in [1.807, 2.05) is 31.2 Å². The van der Waals surface area contributed by atoms with Gasteiger partial charge >= 0.3 is 0 Å². The molecule has 1 aromatic rings. The number of carbonyl (C=O) groups is 1. The van der Waals surface area contributed by atoms with Gasteiger partial charge < -0.3 is 10.6 Å². The number of nitrogens with two attached hydrogens (primary N) is 1. The molecule has 88 valence electrons. The summed E-state index contributed by atoms with van der Waals surface area (Å²) in [4.78, 5) is 13.4. The van der Waals surface area contributed by atoms with E-state index in [2.05, 4.69) is 15.9 Å². The average molecular weight is 285 g/mol. The maximum absolute atomic E-state index is 11.7. The monoisotopic (exact) mass is 284 g/mol. The summed E-state index contributed by atoms with van der Waals surface area (Å²) in [5.74, 6) is 0.0787. The third-order valence-corrected chi connectivity index (χ3v) is 2.72. The molecule has 0 spiro atoms. The summed E-state index contributed by atoms with van der Waals surface area (Å²) in [6.07, 6.45) is 0.393. The van der Waals surface area contributed by atoms with Gasteiger partial charge in [-0.1, -0.05) is 28.1 Å². The molecule has 1 amide bonds. The Kier molecular flexibility index (Phi) is 4.96. The van der Waals surface area contributed by atoms with Crippen molar-refractivity contribution in [2.75, 3.05) is 7.05 Å². The third-order valence-electron chi connectivity index (χ3n) is 2.23. The van der Waals surface area contributed by atoms with E-state index in [0.29, 0.717) is 13.0 Å². The number of hydrogen-bond donors (Lipinski definition) is 1. The van der Waals surface area contributed by atoms with Gasteiger partial charge in [0.2, 0.25) is 5.91 Å². The van der Waals surface area contributed by atoms with Crippen molar-refractivity contribution < 1.29 is 4.79 Å². The van der Waals surface area contributed by atoms with Crippen LogP contribution in [0, 0.1) is 0 Å². The van der Waals surface area contributed by atoms with Crippen LogP contribution in [-0.4, -0.2) is 23.9 Å². The summed E-state index contributed by atoms with van der Waals surface area (Å²) >= 11 is 3.41. The highest BCUT2D eigenvalue weighted by Crippen LogP contribution is 2.13. The van der Waals surface area contributed by atoms with Crippen molar-refractivity contribution in [2.24, 2.45) is 5.73 Å². The molecule has 0 aliphatic carbocycles. The maximum atomic E-state index is 11.7. The molecule has 1 rings (SSSR count). The lowest BCUT2D eigenvalue weighted by Gasteiger charge is -2.18. The van der Waals surface area contributed by atoms with E-state index in [9.17, 15) is 4.79 Å². The first-order valence-electron chi connectivity index (χ1n) is 5.23. The van der Waals surface area contributed by atoms with E-state index in [1.54, 1.807) is 11.9 Å².